The summed E-state index contributed by atoms with van der Waals surface area (Å²) in [6.45, 7) is 4.75. The number of anilines is 1. The van der Waals surface area contributed by atoms with Crippen molar-refractivity contribution in [2.24, 2.45) is 5.92 Å². The number of para-hydroxylation sites is 1. The van der Waals surface area contributed by atoms with Gasteiger partial charge in [0.25, 0.3) is 0 Å². The molecule has 1 aromatic carbocycles. The quantitative estimate of drug-likeness (QED) is 0.796. The maximum atomic E-state index is 12.9. The Kier molecular flexibility index (Phi) is 5.67. The van der Waals surface area contributed by atoms with Crippen molar-refractivity contribution in [2.75, 3.05) is 44.2 Å². The van der Waals surface area contributed by atoms with E-state index in [9.17, 15) is 9.59 Å². The molecule has 2 aliphatic rings. The molecule has 0 radical (unpaired) electrons. The summed E-state index contributed by atoms with van der Waals surface area (Å²) in [5, 5.41) is 0. The van der Waals surface area contributed by atoms with Gasteiger partial charge in [0.1, 0.15) is 0 Å². The van der Waals surface area contributed by atoms with E-state index in [1.165, 1.54) is 5.56 Å². The standard InChI is InChI=1S/C22H26N4O2/c27-21-16-19(17-26(21)20-4-2-1-3-5-20)22(28)25-14-12-24(13-15-25)11-8-18-6-9-23-10-7-18/h1-7,9-10,19H,8,11-17H2. The van der Waals surface area contributed by atoms with Crippen molar-refractivity contribution in [1.29, 1.82) is 0 Å². The van der Waals surface area contributed by atoms with Gasteiger partial charge in [-0.05, 0) is 36.2 Å². The van der Waals surface area contributed by atoms with E-state index in [1.807, 2.05) is 47.6 Å². The van der Waals surface area contributed by atoms with E-state index < -0.39 is 0 Å². The predicted octanol–water partition coefficient (Wildman–Crippen LogP) is 1.82. The monoisotopic (exact) mass is 378 g/mol. The van der Waals surface area contributed by atoms with Gasteiger partial charge < -0.3 is 9.80 Å². The smallest absolute Gasteiger partial charge is 0.228 e. The van der Waals surface area contributed by atoms with E-state index >= 15 is 0 Å². The molecule has 1 aromatic heterocycles. The van der Waals surface area contributed by atoms with Gasteiger partial charge in [0.05, 0.1) is 5.92 Å². The maximum absolute atomic E-state index is 12.9. The summed E-state index contributed by atoms with van der Waals surface area (Å²) in [5.41, 5.74) is 2.17. The zero-order valence-corrected chi connectivity index (χ0v) is 16.0. The number of piperazine rings is 1. The van der Waals surface area contributed by atoms with Gasteiger partial charge in [-0.2, -0.15) is 0 Å². The Morgan fingerprint density at radius 3 is 2.43 bits per heavy atom. The van der Waals surface area contributed by atoms with Gasteiger partial charge in [-0.25, -0.2) is 0 Å². The average Bonchev–Trinajstić information content (AvgIpc) is 3.15. The predicted molar refractivity (Wildman–Crippen MR) is 108 cm³/mol. The van der Waals surface area contributed by atoms with Crippen LogP contribution >= 0.6 is 0 Å². The van der Waals surface area contributed by atoms with E-state index in [-0.39, 0.29) is 17.7 Å². The Labute approximate surface area is 165 Å². The molecule has 0 saturated carbocycles. The van der Waals surface area contributed by atoms with Crippen LogP contribution in [0.1, 0.15) is 12.0 Å². The van der Waals surface area contributed by atoms with Gasteiger partial charge in [-0.1, -0.05) is 18.2 Å². The molecular weight excluding hydrogens is 352 g/mol. The minimum atomic E-state index is -0.226. The Balaban J connectivity index is 1.27. The number of carbonyl (C=O) groups excluding carboxylic acids is 2. The van der Waals surface area contributed by atoms with Gasteiger partial charge >= 0.3 is 0 Å². The third-order valence-corrected chi connectivity index (χ3v) is 5.69. The van der Waals surface area contributed by atoms with E-state index in [0.717, 1.165) is 44.8 Å². The number of pyridine rings is 1. The molecule has 4 rings (SSSR count). The molecule has 1 atom stereocenters. The highest BCUT2D eigenvalue weighted by atomic mass is 16.2. The van der Waals surface area contributed by atoms with Crippen molar-refractivity contribution >= 4 is 17.5 Å². The fourth-order valence-corrected chi connectivity index (χ4v) is 4.02. The molecule has 2 amide bonds. The molecule has 0 bridgehead atoms. The summed E-state index contributed by atoms with van der Waals surface area (Å²) in [6, 6.07) is 13.7. The molecule has 2 aliphatic heterocycles. The molecule has 3 heterocycles. The van der Waals surface area contributed by atoms with E-state index in [4.69, 9.17) is 0 Å². The highest BCUT2D eigenvalue weighted by Gasteiger charge is 2.37. The maximum Gasteiger partial charge on any atom is 0.228 e. The second-order valence-corrected chi connectivity index (χ2v) is 7.51. The molecule has 0 aliphatic carbocycles. The van der Waals surface area contributed by atoms with Gasteiger partial charge in [0.2, 0.25) is 11.8 Å². The summed E-state index contributed by atoms with van der Waals surface area (Å²) in [6.07, 6.45) is 4.97. The topological polar surface area (TPSA) is 56.8 Å². The molecular formula is C22H26N4O2. The van der Waals surface area contributed by atoms with Crippen LogP contribution in [0.4, 0.5) is 5.69 Å². The van der Waals surface area contributed by atoms with Gasteiger partial charge in [0.15, 0.2) is 0 Å². The van der Waals surface area contributed by atoms with Crippen molar-refractivity contribution in [3.63, 3.8) is 0 Å². The molecule has 6 nitrogen and oxygen atoms in total. The second kappa shape index (κ2) is 8.52. The zero-order valence-electron chi connectivity index (χ0n) is 16.0. The lowest BCUT2D eigenvalue weighted by Gasteiger charge is -2.35. The van der Waals surface area contributed by atoms with Crippen molar-refractivity contribution in [3.8, 4) is 0 Å². The summed E-state index contributed by atoms with van der Waals surface area (Å²) in [5.74, 6) is -0.0582. The van der Waals surface area contributed by atoms with Crippen molar-refractivity contribution in [1.82, 2.24) is 14.8 Å². The average molecular weight is 378 g/mol. The lowest BCUT2D eigenvalue weighted by Crippen LogP contribution is -2.51. The van der Waals surface area contributed by atoms with Crippen molar-refractivity contribution in [2.45, 2.75) is 12.8 Å². The van der Waals surface area contributed by atoms with Crippen LogP contribution in [-0.2, 0) is 16.0 Å². The minimum Gasteiger partial charge on any atom is -0.340 e. The number of amides is 2. The van der Waals surface area contributed by atoms with E-state index in [1.54, 1.807) is 4.90 Å². The van der Waals surface area contributed by atoms with Crippen molar-refractivity contribution in [3.05, 3.63) is 60.4 Å². The fraction of sp³-hybridized carbons (Fsp3) is 0.409. The first kappa shape index (κ1) is 18.6. The summed E-state index contributed by atoms with van der Waals surface area (Å²) in [7, 11) is 0. The molecule has 28 heavy (non-hydrogen) atoms. The summed E-state index contributed by atoms with van der Waals surface area (Å²) < 4.78 is 0. The Bertz CT molecular complexity index is 804. The SMILES string of the molecule is O=C(C1CC(=O)N(c2ccccc2)C1)N1CCN(CCc2ccncc2)CC1. The molecule has 146 valence electrons. The Morgan fingerprint density at radius 2 is 1.71 bits per heavy atom. The van der Waals surface area contributed by atoms with Crippen LogP contribution in [0.3, 0.4) is 0 Å². The highest BCUT2D eigenvalue weighted by Crippen LogP contribution is 2.26. The molecule has 0 spiro atoms. The van der Waals surface area contributed by atoms with Crippen LogP contribution in [-0.4, -0.2) is 65.9 Å². The molecule has 0 N–H and O–H groups in total. The minimum absolute atomic E-state index is 0.0422. The highest BCUT2D eigenvalue weighted by molar-refractivity contribution is 6.00. The van der Waals surface area contributed by atoms with Gasteiger partial charge in [-0.3, -0.25) is 19.5 Å². The number of hydrogen-bond acceptors (Lipinski definition) is 4. The van der Waals surface area contributed by atoms with Crippen LogP contribution < -0.4 is 4.90 Å². The molecule has 6 heteroatoms. The Hall–Kier alpha value is -2.73. The Morgan fingerprint density at radius 1 is 1.00 bits per heavy atom. The number of carbonyl (C=O) groups is 2. The van der Waals surface area contributed by atoms with Crippen LogP contribution in [0.5, 0.6) is 0 Å². The first-order valence-corrected chi connectivity index (χ1v) is 9.96. The largest absolute Gasteiger partial charge is 0.340 e. The first-order chi connectivity index (χ1) is 13.7. The third kappa shape index (κ3) is 4.22. The molecule has 2 fully saturated rings. The van der Waals surface area contributed by atoms with Crippen LogP contribution in [0.15, 0.2) is 54.9 Å². The molecule has 2 saturated heterocycles. The summed E-state index contributed by atoms with van der Waals surface area (Å²) in [4.78, 5) is 35.5. The third-order valence-electron chi connectivity index (χ3n) is 5.69. The van der Waals surface area contributed by atoms with Crippen LogP contribution in [0.2, 0.25) is 0 Å². The van der Waals surface area contributed by atoms with Crippen molar-refractivity contribution < 1.29 is 9.59 Å². The fourth-order valence-electron chi connectivity index (χ4n) is 4.02. The van der Waals surface area contributed by atoms with Crippen LogP contribution in [0.25, 0.3) is 0 Å². The molecule has 1 unspecified atom stereocenters. The summed E-state index contributed by atoms with van der Waals surface area (Å²) >= 11 is 0. The number of rotatable bonds is 5. The van der Waals surface area contributed by atoms with Gasteiger partial charge in [-0.15, -0.1) is 0 Å². The lowest BCUT2D eigenvalue weighted by atomic mass is 10.1. The second-order valence-electron chi connectivity index (χ2n) is 7.51. The number of hydrogen-bond donors (Lipinski definition) is 0. The zero-order chi connectivity index (χ0) is 19.3. The normalized spacial score (nSPS) is 20.6. The molecule has 2 aromatic rings. The lowest BCUT2D eigenvalue weighted by molar-refractivity contribution is -0.137. The van der Waals surface area contributed by atoms with Gasteiger partial charge in [0, 0.05) is 63.8 Å². The first-order valence-electron chi connectivity index (χ1n) is 9.96. The number of benzene rings is 1. The van der Waals surface area contributed by atoms with E-state index in [2.05, 4.69) is 22.0 Å². The van der Waals surface area contributed by atoms with Crippen LogP contribution in [0, 0.1) is 5.92 Å². The number of nitrogens with zero attached hydrogens (tertiary/aromatic N) is 4. The van der Waals surface area contributed by atoms with E-state index in [0.29, 0.717) is 13.0 Å². The number of aromatic nitrogens is 1.